The number of carboxylic acids is 1. The number of rotatable bonds is 11. The molecule has 7 heteroatoms. The normalized spacial score (nSPS) is 11.5. The van der Waals surface area contributed by atoms with Gasteiger partial charge < -0.3 is 19.9 Å². The van der Waals surface area contributed by atoms with E-state index in [2.05, 4.69) is 5.32 Å². The standard InChI is InChI=1S/C14H19NO5S/c1-2-19-12-5-3-4-6-13(12)20-7-8-21-9-11(14(17)18)15-10-16/h3-6,10-11H,2,7-9H2,1H3,(H,15,16)(H,17,18). The zero-order valence-corrected chi connectivity index (χ0v) is 12.6. The molecule has 116 valence electrons. The van der Waals surface area contributed by atoms with Crippen LogP contribution in [-0.4, -0.2) is 48.2 Å². The minimum atomic E-state index is -1.04. The fourth-order valence-corrected chi connectivity index (χ4v) is 2.37. The molecule has 1 atom stereocenters. The largest absolute Gasteiger partial charge is 0.490 e. The van der Waals surface area contributed by atoms with Gasteiger partial charge in [-0.15, -0.1) is 0 Å². The van der Waals surface area contributed by atoms with E-state index >= 15 is 0 Å². The van der Waals surface area contributed by atoms with Crippen molar-refractivity contribution < 1.29 is 24.2 Å². The summed E-state index contributed by atoms with van der Waals surface area (Å²) in [5.41, 5.74) is 0. The number of aliphatic carboxylic acids is 1. The van der Waals surface area contributed by atoms with Crippen molar-refractivity contribution >= 4 is 24.1 Å². The Morgan fingerprint density at radius 2 is 2.05 bits per heavy atom. The van der Waals surface area contributed by atoms with E-state index in [0.717, 1.165) is 0 Å². The Balaban J connectivity index is 2.31. The van der Waals surface area contributed by atoms with Crippen LogP contribution in [0.2, 0.25) is 0 Å². The maximum Gasteiger partial charge on any atom is 0.327 e. The summed E-state index contributed by atoms with van der Waals surface area (Å²) in [6, 6.07) is 6.52. The van der Waals surface area contributed by atoms with Crippen LogP contribution in [0.3, 0.4) is 0 Å². The molecule has 0 aliphatic rings. The lowest BCUT2D eigenvalue weighted by molar-refractivity contribution is -0.139. The van der Waals surface area contributed by atoms with E-state index in [4.69, 9.17) is 14.6 Å². The van der Waals surface area contributed by atoms with Crippen LogP contribution in [0.4, 0.5) is 0 Å². The third-order valence-corrected chi connectivity index (χ3v) is 3.51. The second-order valence-corrected chi connectivity index (χ2v) is 5.13. The number of benzene rings is 1. The van der Waals surface area contributed by atoms with Gasteiger partial charge >= 0.3 is 5.97 Å². The number of carboxylic acid groups (broad SMARTS) is 1. The quantitative estimate of drug-likeness (QED) is 0.474. The van der Waals surface area contributed by atoms with Gasteiger partial charge in [0.1, 0.15) is 6.04 Å². The van der Waals surface area contributed by atoms with Crippen molar-refractivity contribution in [3.63, 3.8) is 0 Å². The van der Waals surface area contributed by atoms with Gasteiger partial charge in [-0.3, -0.25) is 4.79 Å². The zero-order chi connectivity index (χ0) is 15.5. The Kier molecular flexibility index (Phi) is 8.11. The average Bonchev–Trinajstić information content (AvgIpc) is 2.47. The van der Waals surface area contributed by atoms with Crippen molar-refractivity contribution in [2.75, 3.05) is 24.7 Å². The molecular weight excluding hydrogens is 294 g/mol. The Labute approximate surface area is 127 Å². The van der Waals surface area contributed by atoms with Gasteiger partial charge in [0, 0.05) is 11.5 Å². The number of carbonyl (C=O) groups is 2. The zero-order valence-electron chi connectivity index (χ0n) is 11.8. The molecule has 0 aliphatic carbocycles. The second-order valence-electron chi connectivity index (χ2n) is 3.98. The maximum absolute atomic E-state index is 10.8. The summed E-state index contributed by atoms with van der Waals surface area (Å²) in [4.78, 5) is 21.1. The van der Waals surface area contributed by atoms with Crippen LogP contribution in [0, 0.1) is 0 Å². The van der Waals surface area contributed by atoms with Crippen LogP contribution in [0.15, 0.2) is 24.3 Å². The number of thioether (sulfide) groups is 1. The van der Waals surface area contributed by atoms with E-state index < -0.39 is 12.0 Å². The molecule has 1 rings (SSSR count). The Bertz CT molecular complexity index is 455. The van der Waals surface area contributed by atoms with Crippen molar-refractivity contribution in [1.82, 2.24) is 5.32 Å². The van der Waals surface area contributed by atoms with Crippen LogP contribution in [-0.2, 0) is 9.59 Å². The highest BCUT2D eigenvalue weighted by molar-refractivity contribution is 7.99. The van der Waals surface area contributed by atoms with Gasteiger partial charge in [0.05, 0.1) is 13.2 Å². The summed E-state index contributed by atoms with van der Waals surface area (Å²) in [6.07, 6.45) is 0.397. The summed E-state index contributed by atoms with van der Waals surface area (Å²) in [7, 11) is 0. The molecule has 0 spiro atoms. The summed E-state index contributed by atoms with van der Waals surface area (Å²) in [5, 5.41) is 11.1. The Morgan fingerprint density at radius 1 is 1.38 bits per heavy atom. The molecule has 1 aromatic rings. The van der Waals surface area contributed by atoms with Gasteiger partial charge in [0.25, 0.3) is 0 Å². The number of hydrogen-bond acceptors (Lipinski definition) is 5. The van der Waals surface area contributed by atoms with Crippen molar-refractivity contribution in [3.05, 3.63) is 24.3 Å². The molecule has 0 saturated carbocycles. The number of ether oxygens (including phenoxy) is 2. The average molecular weight is 313 g/mol. The highest BCUT2D eigenvalue weighted by Gasteiger charge is 2.15. The van der Waals surface area contributed by atoms with Crippen LogP contribution in [0.5, 0.6) is 11.5 Å². The molecule has 2 N–H and O–H groups in total. The predicted octanol–water partition coefficient (Wildman–Crippen LogP) is 1.40. The lowest BCUT2D eigenvalue weighted by atomic mass is 10.3. The first-order valence-corrected chi connectivity index (χ1v) is 7.69. The molecular formula is C14H19NO5S. The lowest BCUT2D eigenvalue weighted by Gasteiger charge is -2.12. The van der Waals surface area contributed by atoms with Crippen molar-refractivity contribution in [2.24, 2.45) is 0 Å². The van der Waals surface area contributed by atoms with E-state index in [-0.39, 0.29) is 0 Å². The van der Waals surface area contributed by atoms with Crippen molar-refractivity contribution in [2.45, 2.75) is 13.0 Å². The van der Waals surface area contributed by atoms with Crippen LogP contribution in [0.25, 0.3) is 0 Å². The second kappa shape index (κ2) is 9.93. The highest BCUT2D eigenvalue weighted by Crippen LogP contribution is 2.26. The monoisotopic (exact) mass is 313 g/mol. The van der Waals surface area contributed by atoms with Crippen molar-refractivity contribution in [3.8, 4) is 11.5 Å². The van der Waals surface area contributed by atoms with Crippen molar-refractivity contribution in [1.29, 1.82) is 0 Å². The third-order valence-electron chi connectivity index (χ3n) is 2.49. The van der Waals surface area contributed by atoms with Crippen LogP contribution < -0.4 is 14.8 Å². The molecule has 21 heavy (non-hydrogen) atoms. The minimum Gasteiger partial charge on any atom is -0.490 e. The summed E-state index contributed by atoms with van der Waals surface area (Å²) < 4.78 is 11.0. The Morgan fingerprint density at radius 3 is 2.62 bits per heavy atom. The minimum absolute atomic E-state index is 0.296. The molecule has 0 saturated heterocycles. The van der Waals surface area contributed by atoms with Gasteiger partial charge in [-0.25, -0.2) is 4.79 Å². The molecule has 0 radical (unpaired) electrons. The lowest BCUT2D eigenvalue weighted by Crippen LogP contribution is -2.38. The molecule has 1 aromatic carbocycles. The first-order valence-electron chi connectivity index (χ1n) is 6.54. The van der Waals surface area contributed by atoms with Gasteiger partial charge in [-0.05, 0) is 19.1 Å². The number of para-hydroxylation sites is 2. The fourth-order valence-electron chi connectivity index (χ4n) is 1.53. The fraction of sp³-hybridized carbons (Fsp3) is 0.429. The van der Waals surface area contributed by atoms with E-state index in [1.54, 1.807) is 0 Å². The van der Waals surface area contributed by atoms with Gasteiger partial charge in [0.15, 0.2) is 11.5 Å². The Hall–Kier alpha value is -1.89. The molecule has 0 aromatic heterocycles. The maximum atomic E-state index is 10.8. The summed E-state index contributed by atoms with van der Waals surface area (Å²) >= 11 is 1.40. The van der Waals surface area contributed by atoms with Gasteiger partial charge in [0.2, 0.25) is 6.41 Å². The third kappa shape index (κ3) is 6.40. The topological polar surface area (TPSA) is 84.9 Å². The molecule has 1 amide bonds. The first-order chi connectivity index (χ1) is 10.2. The molecule has 1 unspecified atom stereocenters. The van der Waals surface area contributed by atoms with E-state index in [1.165, 1.54) is 11.8 Å². The number of nitrogens with one attached hydrogen (secondary N) is 1. The smallest absolute Gasteiger partial charge is 0.327 e. The number of hydrogen-bond donors (Lipinski definition) is 2. The molecule has 0 fully saturated rings. The summed E-state index contributed by atoms with van der Waals surface area (Å²) in [6.45, 7) is 2.90. The molecule has 0 heterocycles. The summed E-state index contributed by atoms with van der Waals surface area (Å²) in [5.74, 6) is 1.23. The predicted molar refractivity (Wildman–Crippen MR) is 81.1 cm³/mol. The van der Waals surface area contributed by atoms with Gasteiger partial charge in [-0.1, -0.05) is 12.1 Å². The SMILES string of the molecule is CCOc1ccccc1OCCSCC(NC=O)C(=O)O. The van der Waals surface area contributed by atoms with E-state index in [9.17, 15) is 9.59 Å². The molecule has 0 aliphatic heterocycles. The first kappa shape index (κ1) is 17.2. The van der Waals surface area contributed by atoms with E-state index in [0.29, 0.717) is 42.6 Å². The highest BCUT2D eigenvalue weighted by atomic mass is 32.2. The molecule has 0 bridgehead atoms. The van der Waals surface area contributed by atoms with Crippen LogP contribution in [0.1, 0.15) is 6.92 Å². The van der Waals surface area contributed by atoms with Gasteiger partial charge in [-0.2, -0.15) is 11.8 Å². The van der Waals surface area contributed by atoms with Crippen LogP contribution >= 0.6 is 11.8 Å². The van der Waals surface area contributed by atoms with E-state index in [1.807, 2.05) is 31.2 Å². The number of carbonyl (C=O) groups excluding carboxylic acids is 1. The molecule has 6 nitrogen and oxygen atoms in total. The number of amides is 1.